The van der Waals surface area contributed by atoms with Gasteiger partial charge in [0.25, 0.3) is 0 Å². The Morgan fingerprint density at radius 3 is 1.88 bits per heavy atom. The summed E-state index contributed by atoms with van der Waals surface area (Å²) in [7, 11) is 0. The highest BCUT2D eigenvalue weighted by Gasteiger charge is 2.69. The van der Waals surface area contributed by atoms with Gasteiger partial charge in [0.1, 0.15) is 91.6 Å². The molecule has 0 aromatic carbocycles. The molecule has 0 radical (unpaired) electrons. The van der Waals surface area contributed by atoms with Crippen LogP contribution in [0.4, 0.5) is 0 Å². The molecule has 23 nitrogen and oxygen atoms in total. The third-order valence-electron chi connectivity index (χ3n) is 21.0. The Labute approximate surface area is 437 Å². The molecule has 0 aromatic heterocycles. The fourth-order valence-corrected chi connectivity index (χ4v) is 17.3. The summed E-state index contributed by atoms with van der Waals surface area (Å²) in [5, 5.41) is 146. The molecule has 75 heavy (non-hydrogen) atoms. The van der Waals surface area contributed by atoms with E-state index in [1.807, 2.05) is 0 Å². The van der Waals surface area contributed by atoms with Crippen LogP contribution in [0.3, 0.4) is 0 Å². The molecule has 10 rings (SSSR count). The van der Waals surface area contributed by atoms with Crippen molar-refractivity contribution in [2.45, 2.75) is 234 Å². The van der Waals surface area contributed by atoms with Gasteiger partial charge in [-0.25, -0.2) is 0 Å². The molecule has 6 heterocycles. The molecule has 0 spiro atoms. The van der Waals surface area contributed by atoms with Crippen LogP contribution in [0.15, 0.2) is 0 Å². The van der Waals surface area contributed by atoms with Crippen LogP contribution in [0.1, 0.15) is 92.9 Å². The molecule has 6 saturated heterocycles. The minimum atomic E-state index is -2.01. The van der Waals surface area contributed by atoms with E-state index in [9.17, 15) is 66.4 Å². The van der Waals surface area contributed by atoms with Gasteiger partial charge < -0.3 is 114 Å². The number of rotatable bonds is 11. The van der Waals surface area contributed by atoms with Crippen molar-refractivity contribution in [3.63, 3.8) is 0 Å². The molecular formula is C52H87NO22. The first kappa shape index (κ1) is 57.3. The molecule has 23 heteroatoms. The average molecular weight is 1080 g/mol. The van der Waals surface area contributed by atoms with Crippen LogP contribution in [0.5, 0.6) is 0 Å². The third-order valence-corrected chi connectivity index (χ3v) is 21.0. The lowest BCUT2D eigenvalue weighted by molar-refractivity contribution is -0.404. The van der Waals surface area contributed by atoms with Gasteiger partial charge in [0, 0.05) is 6.42 Å². The lowest BCUT2D eigenvalue weighted by Crippen LogP contribution is -2.68. The number of hydrogen-bond donors (Lipinski definition) is 14. The second-order valence-electron chi connectivity index (χ2n) is 25.5. The Hall–Kier alpha value is -0.920. The Kier molecular flexibility index (Phi) is 16.4. The Bertz CT molecular complexity index is 1960. The minimum absolute atomic E-state index is 0.0137. The monoisotopic (exact) mass is 1080 g/mol. The maximum atomic E-state index is 11.9. The van der Waals surface area contributed by atoms with Crippen molar-refractivity contribution in [1.82, 2.24) is 5.32 Å². The zero-order valence-corrected chi connectivity index (χ0v) is 43.9. The van der Waals surface area contributed by atoms with Gasteiger partial charge in [0.15, 0.2) is 30.9 Å². The van der Waals surface area contributed by atoms with Crippen LogP contribution >= 0.6 is 0 Å². The van der Waals surface area contributed by atoms with Crippen LogP contribution in [0.25, 0.3) is 0 Å². The summed E-state index contributed by atoms with van der Waals surface area (Å²) >= 11 is 0. The summed E-state index contributed by atoms with van der Waals surface area (Å²) < 4.78 is 55.1. The van der Waals surface area contributed by atoms with E-state index >= 15 is 0 Å². The van der Waals surface area contributed by atoms with Gasteiger partial charge in [-0.3, -0.25) is 0 Å². The van der Waals surface area contributed by atoms with Gasteiger partial charge in [0.2, 0.25) is 0 Å². The summed E-state index contributed by atoms with van der Waals surface area (Å²) in [5.41, 5.74) is -0.354. The molecule has 6 aliphatic heterocycles. The van der Waals surface area contributed by atoms with E-state index in [-0.39, 0.29) is 34.8 Å². The van der Waals surface area contributed by atoms with Crippen molar-refractivity contribution in [2.75, 3.05) is 33.0 Å². The highest BCUT2D eigenvalue weighted by molar-refractivity contribution is 5.17. The molecule has 432 valence electrons. The van der Waals surface area contributed by atoms with E-state index in [4.69, 9.17) is 42.6 Å². The van der Waals surface area contributed by atoms with Crippen LogP contribution in [0, 0.1) is 57.7 Å². The molecular weight excluding hydrogens is 991 g/mol. The smallest absolute Gasteiger partial charge is 0.187 e. The summed E-state index contributed by atoms with van der Waals surface area (Å²) in [6.45, 7) is 11.7. The van der Waals surface area contributed by atoms with Crippen molar-refractivity contribution < 1.29 is 109 Å². The molecule has 0 aromatic rings. The van der Waals surface area contributed by atoms with Gasteiger partial charge in [-0.1, -0.05) is 41.5 Å². The van der Waals surface area contributed by atoms with E-state index in [1.54, 1.807) is 0 Å². The first-order chi connectivity index (χ1) is 35.4. The van der Waals surface area contributed by atoms with Crippen molar-refractivity contribution in [3.05, 3.63) is 0 Å². The lowest BCUT2D eigenvalue weighted by atomic mass is 9.41. The highest BCUT2D eigenvalue weighted by atomic mass is 16.8. The molecule has 0 unspecified atom stereocenters. The maximum Gasteiger partial charge on any atom is 0.187 e. The first-order valence-electron chi connectivity index (χ1n) is 27.7. The zero-order chi connectivity index (χ0) is 54.0. The van der Waals surface area contributed by atoms with Gasteiger partial charge in [-0.2, -0.15) is 0 Å². The lowest BCUT2D eigenvalue weighted by Gasteiger charge is -2.65. The van der Waals surface area contributed by atoms with Crippen LogP contribution < -0.4 is 5.32 Å². The minimum Gasteiger partial charge on any atom is -0.394 e. The van der Waals surface area contributed by atoms with Crippen LogP contribution in [-0.2, 0) is 42.6 Å². The van der Waals surface area contributed by atoms with Gasteiger partial charge >= 0.3 is 0 Å². The first-order valence-corrected chi connectivity index (χ1v) is 27.7. The summed E-state index contributed by atoms with van der Waals surface area (Å²) in [6, 6.07) is -0.0896. The molecule has 0 amide bonds. The Morgan fingerprint density at radius 2 is 1.17 bits per heavy atom. The van der Waals surface area contributed by atoms with E-state index in [2.05, 4.69) is 46.9 Å². The number of fused-ring (bicyclic) bond motifs is 8. The molecule has 4 aliphatic carbocycles. The average Bonchev–Trinajstić information content (AvgIpc) is 3.73. The van der Waals surface area contributed by atoms with Gasteiger partial charge in [-0.05, 0) is 109 Å². The largest absolute Gasteiger partial charge is 0.394 e. The van der Waals surface area contributed by atoms with Crippen LogP contribution in [-0.4, -0.2) is 240 Å². The highest BCUT2D eigenvalue weighted by Crippen LogP contribution is 2.72. The predicted octanol–water partition coefficient (Wildman–Crippen LogP) is -3.09. The van der Waals surface area contributed by atoms with E-state index in [1.165, 1.54) is 0 Å². The standard InChI is InChI=1S/C52H87NO22/c1-20-14-52(66)44(53-15-20)21(2)32-26(75-52)13-24-22-7-8-30-49(3,4)31(10-12-50(30,5)23(22)9-11-51(24,32)6)71-46-40(65)37(62)41(29(18-56)70-46)72-48-43(74-47-39(64)36(61)34(59)27(16-54)68-47)42(35(60)28(17-55)69-48)73-45-38(63)33(58)25(57)19-67-45/h20-48,53-66H,7-19H2,1-6H3/t20-,21-,22+,23-,24-,25+,26-,27+,28+,29+,30-,31-,32-,33-,34+,35+,36-,37+,38+,39+,40+,41-,42-,43+,44-,45-,46-,47-,48-,50+,51-,52-/m0/s1. The number of aliphatic hydroxyl groups excluding tert-OH is 12. The molecule has 10 aliphatic rings. The number of ether oxygens (including phenoxy) is 9. The number of piperidine rings is 1. The second-order valence-corrected chi connectivity index (χ2v) is 25.5. The quantitative estimate of drug-likeness (QED) is 0.0912. The van der Waals surface area contributed by atoms with Crippen molar-refractivity contribution in [1.29, 1.82) is 0 Å². The summed E-state index contributed by atoms with van der Waals surface area (Å²) in [5.74, 6) is 1.48. The Morgan fingerprint density at radius 1 is 0.573 bits per heavy atom. The third kappa shape index (κ3) is 9.60. The summed E-state index contributed by atoms with van der Waals surface area (Å²) in [6.07, 6.45) is -26.3. The van der Waals surface area contributed by atoms with E-state index in [0.717, 1.165) is 45.1 Å². The molecule has 0 bridgehead atoms. The second kappa shape index (κ2) is 21.4. The maximum absolute atomic E-state index is 11.9. The van der Waals surface area contributed by atoms with Crippen molar-refractivity contribution in [3.8, 4) is 0 Å². The Balaban J connectivity index is 0.843. The van der Waals surface area contributed by atoms with Crippen molar-refractivity contribution in [2.24, 2.45) is 57.7 Å². The normalized spacial score (nSPS) is 57.7. The molecule has 14 N–H and O–H groups in total. The SMILES string of the molecule is C[C@@H]1CN[C@H]2[C@@H](C)[C@H]3[C@H](C[C@H]4[C@@H]5CC[C@H]6C(C)(C)[C@@H](O[C@@H]7O[C@H](CO)[C@H](O[C@@H]8O[C@H](CO)[C@@H](O)[C@H](O[C@@H]9OC[C@@H](O)[C@H](O)[C@H]9O)[C@H]8O[C@@H]8O[C@H](CO)[C@@H](O)[C@H](O)[C@H]8O)[C@H](O)[C@H]7O)CC[C@]6(C)[C@H]5CC[C@]34C)O[C@@]2(O)C1. The van der Waals surface area contributed by atoms with Crippen molar-refractivity contribution >= 4 is 0 Å². The topological polar surface area (TPSA) is 358 Å². The predicted molar refractivity (Wildman–Crippen MR) is 255 cm³/mol. The van der Waals surface area contributed by atoms with Gasteiger partial charge in [-0.15, -0.1) is 0 Å². The molecule has 32 atom stereocenters. The fraction of sp³-hybridized carbons (Fsp3) is 1.00. The number of hydrogen-bond acceptors (Lipinski definition) is 23. The zero-order valence-electron chi connectivity index (χ0n) is 43.9. The van der Waals surface area contributed by atoms with E-state index < -0.39 is 160 Å². The number of aliphatic hydroxyl groups is 13. The fourth-order valence-electron chi connectivity index (χ4n) is 17.3. The number of nitrogens with one attached hydrogen (secondary N) is 1. The summed E-state index contributed by atoms with van der Waals surface area (Å²) in [4.78, 5) is 0. The van der Waals surface area contributed by atoms with Gasteiger partial charge in [0.05, 0.1) is 44.7 Å². The molecule has 10 fully saturated rings. The molecule has 4 saturated carbocycles. The van der Waals surface area contributed by atoms with E-state index in [0.29, 0.717) is 42.4 Å². The van der Waals surface area contributed by atoms with Crippen LogP contribution in [0.2, 0.25) is 0 Å².